The van der Waals surface area contributed by atoms with Gasteiger partial charge in [-0.15, -0.1) is 23.2 Å². The van der Waals surface area contributed by atoms with Crippen LogP contribution >= 0.6 is 23.2 Å². The van der Waals surface area contributed by atoms with Gasteiger partial charge in [0.1, 0.15) is 51.5 Å². The number of imidazole rings is 2. The van der Waals surface area contributed by atoms with Gasteiger partial charge in [-0.1, -0.05) is 24.3 Å². The number of fused-ring (bicyclic) bond motifs is 2. The minimum atomic E-state index is -0.766. The van der Waals surface area contributed by atoms with Gasteiger partial charge in [-0.25, -0.2) is 53.1 Å². The van der Waals surface area contributed by atoms with Gasteiger partial charge in [0.25, 0.3) is 0 Å². The molecular weight excluding hydrogens is 1380 g/mol. The Morgan fingerprint density at radius 1 is 0.495 bits per heavy atom. The Bertz CT molecular complexity index is 2890. The van der Waals surface area contributed by atoms with E-state index in [-0.39, 0.29) is 50.4 Å². The van der Waals surface area contributed by atoms with Crippen LogP contribution < -0.4 is 11.1 Å². The second-order valence-electron chi connectivity index (χ2n) is 28.5. The van der Waals surface area contributed by atoms with Gasteiger partial charge in [0.15, 0.2) is 18.9 Å². The van der Waals surface area contributed by atoms with Crippen molar-refractivity contribution in [2.45, 2.75) is 282 Å². The van der Waals surface area contributed by atoms with Gasteiger partial charge >= 0.3 is 36.6 Å². The van der Waals surface area contributed by atoms with E-state index in [9.17, 15) is 33.6 Å². The van der Waals surface area contributed by atoms with Gasteiger partial charge in [-0.2, -0.15) is 0 Å². The lowest BCUT2D eigenvalue weighted by atomic mass is 10.2. The normalized spacial score (nSPS) is 11.6. The number of nitrogens with two attached hydrogens (primary N) is 1. The standard InChI is InChI=1S/C18H35NO6.C14H25NO5.C13H15ClN2O2.C13H27NO4.C8H7ClN2.C8H19NO2/c1-9-22-14(23-10-2)12-11-13-19(15(20)24-17(3,4)5)16(21)25-18(6,7)8;1-13(2,3)19-11(17)15(9-7-8-10-16)12(18)20-14(4,5)6;1-13(2,3)18-12(17)16-10-7-5-4-6-9(10)15-11(16)8-14;1-6-16-11(17-7-2)9-8-10-14-12(15)18-13(3,4)5;9-5-8-10-6-3-1-2-4-7(6)11-8;1-3-10-8(11-4-2)6-5-7-9/h14H,9-13H2,1-8H3;10H,7-9H2,1-6H3;4-7H,8H2,1-3H3;11H,6-10H2,1-5H3,(H,14,15);1-4H,5H2,(H,10,11);8H,3-7,9H2,1-2H3. The van der Waals surface area contributed by atoms with E-state index < -0.39 is 64.1 Å². The van der Waals surface area contributed by atoms with E-state index >= 15 is 0 Å². The summed E-state index contributed by atoms with van der Waals surface area (Å²) in [5.41, 5.74) is 5.01. The van der Waals surface area contributed by atoms with E-state index in [0.29, 0.717) is 89.2 Å². The highest BCUT2D eigenvalue weighted by Gasteiger charge is 2.33. The first-order chi connectivity index (χ1) is 47.9. The van der Waals surface area contributed by atoms with Crippen LogP contribution in [0.15, 0.2) is 48.5 Å². The molecule has 5 amide bonds. The van der Waals surface area contributed by atoms with Crippen LogP contribution in [0.3, 0.4) is 0 Å². The van der Waals surface area contributed by atoms with Crippen molar-refractivity contribution in [3.05, 3.63) is 60.2 Å². The average molecular weight is 1500 g/mol. The number of rotatable bonds is 29. The minimum absolute atomic E-state index is 0.0476. The average Bonchev–Trinajstić information content (AvgIpc) is 1.65. The summed E-state index contributed by atoms with van der Waals surface area (Å²) in [5.74, 6) is 1.92. The molecule has 2 heterocycles. The third-order valence-electron chi connectivity index (χ3n) is 11.9. The maximum atomic E-state index is 12.4. The van der Waals surface area contributed by atoms with Crippen LogP contribution in [0, 0.1) is 0 Å². The first kappa shape index (κ1) is 98.6. The molecular formula is C74H128Cl2N8O19. The van der Waals surface area contributed by atoms with Gasteiger partial charge in [-0.3, -0.25) is 0 Å². The van der Waals surface area contributed by atoms with Crippen molar-refractivity contribution < 1.29 is 90.4 Å². The number of H-pyrrole nitrogens is 1. The Kier molecular flexibility index (Phi) is 49.5. The Labute approximate surface area is 623 Å². The van der Waals surface area contributed by atoms with Crippen LogP contribution in [0.2, 0.25) is 0 Å². The smallest absolute Gasteiger partial charge is 0.420 e. The first-order valence-corrected chi connectivity index (χ1v) is 36.5. The molecule has 0 saturated carbocycles. The Morgan fingerprint density at radius 2 is 0.864 bits per heavy atom. The lowest BCUT2D eigenvalue weighted by Gasteiger charge is -2.29. The number of hydrogen-bond donors (Lipinski definition) is 3. The minimum Gasteiger partial charge on any atom is -0.444 e. The summed E-state index contributed by atoms with van der Waals surface area (Å²) < 4.78 is 65.2. The molecule has 0 atom stereocenters. The van der Waals surface area contributed by atoms with Crippen molar-refractivity contribution in [2.24, 2.45) is 5.73 Å². The van der Waals surface area contributed by atoms with E-state index in [1.54, 1.807) is 83.1 Å². The van der Waals surface area contributed by atoms with E-state index in [2.05, 4.69) is 20.3 Å². The molecule has 0 aliphatic carbocycles. The molecule has 592 valence electrons. The highest BCUT2D eigenvalue weighted by molar-refractivity contribution is 6.17. The summed E-state index contributed by atoms with van der Waals surface area (Å²) in [6.07, 6.45) is 1.50. The van der Waals surface area contributed by atoms with Crippen molar-refractivity contribution in [3.63, 3.8) is 0 Å². The number of unbranched alkanes of at least 4 members (excludes halogenated alkanes) is 1. The molecule has 103 heavy (non-hydrogen) atoms. The number of amides is 5. The Hall–Kier alpha value is -6.43. The first-order valence-electron chi connectivity index (χ1n) is 35.4. The number of nitrogens with one attached hydrogen (secondary N) is 2. The topological polar surface area (TPSA) is 321 Å². The van der Waals surface area contributed by atoms with Crippen LogP contribution in [0.4, 0.5) is 28.8 Å². The fourth-order valence-electron chi connectivity index (χ4n) is 8.09. The molecule has 2 aromatic carbocycles. The molecule has 27 nitrogen and oxygen atoms in total. The van der Waals surface area contributed by atoms with Crippen molar-refractivity contribution in [1.29, 1.82) is 0 Å². The number of carbonyl (C=O) groups is 7. The number of alkyl carbamates (subject to hydrolysis) is 1. The zero-order valence-electron chi connectivity index (χ0n) is 66.4. The molecule has 4 N–H and O–H groups in total. The number of carbonyl (C=O) groups excluding carboxylic acids is 7. The number of benzene rings is 2. The fraction of sp³-hybridized carbons (Fsp3) is 0.716. The van der Waals surface area contributed by atoms with E-state index in [1.165, 1.54) is 4.57 Å². The molecule has 4 rings (SSSR count). The molecule has 0 radical (unpaired) electrons. The van der Waals surface area contributed by atoms with Crippen molar-refractivity contribution in [3.8, 4) is 0 Å². The second kappa shape index (κ2) is 51.7. The van der Waals surface area contributed by atoms with E-state index in [1.807, 2.05) is 132 Å². The monoisotopic (exact) mass is 1500 g/mol. The number of aromatic nitrogens is 4. The Balaban J connectivity index is 0. The summed E-state index contributed by atoms with van der Waals surface area (Å²) in [6.45, 7) is 48.6. The number of nitrogens with zero attached hydrogens (tertiary/aromatic N) is 5. The summed E-state index contributed by atoms with van der Waals surface area (Å²) in [6, 6.07) is 15.3. The highest BCUT2D eigenvalue weighted by Crippen LogP contribution is 2.22. The van der Waals surface area contributed by atoms with Crippen LogP contribution in [0.1, 0.15) is 229 Å². The van der Waals surface area contributed by atoms with Gasteiger partial charge in [0, 0.05) is 78.5 Å². The number of ether oxygens (including phenoxy) is 12. The molecule has 2 aromatic heterocycles. The van der Waals surface area contributed by atoms with Crippen LogP contribution in [0.25, 0.3) is 22.1 Å². The molecule has 4 aromatic rings. The highest BCUT2D eigenvalue weighted by atomic mass is 35.5. The maximum Gasteiger partial charge on any atom is 0.420 e. The molecule has 0 aliphatic heterocycles. The van der Waals surface area contributed by atoms with Crippen LogP contribution in [-0.2, 0) is 73.4 Å². The van der Waals surface area contributed by atoms with Gasteiger partial charge in [0.2, 0.25) is 0 Å². The number of imide groups is 2. The zero-order chi connectivity index (χ0) is 79.2. The molecule has 0 bridgehead atoms. The molecule has 0 saturated heterocycles. The number of para-hydroxylation sites is 4. The summed E-state index contributed by atoms with van der Waals surface area (Å²) in [5, 5.41) is 2.71. The number of halogens is 2. The molecule has 0 aliphatic rings. The summed E-state index contributed by atoms with van der Waals surface area (Å²) >= 11 is 11.4. The predicted molar refractivity (Wildman–Crippen MR) is 402 cm³/mol. The lowest BCUT2D eigenvalue weighted by Crippen LogP contribution is -2.44. The molecule has 29 heteroatoms. The maximum absolute atomic E-state index is 12.4. The lowest BCUT2D eigenvalue weighted by molar-refractivity contribution is -0.140. The SMILES string of the molecule is CC(C)(C)OC(=O)N(CCCC=O)C(=O)OC(C)(C)C.CC(C)(C)OC(=O)n1c(CCl)nc2ccccc21.CCOC(CCCN(C(=O)OC(C)(C)C)C(=O)OC(C)(C)C)OCC.CCOC(CCCN)OCC.CCOC(CCCNC(=O)OC(C)(C)C)OCC.ClCc1nc2ccccc2[nH]1. The number of aromatic amines is 1. The number of alkyl halides is 2. The zero-order valence-corrected chi connectivity index (χ0v) is 67.9. The van der Waals surface area contributed by atoms with Crippen LogP contribution in [0.5, 0.6) is 0 Å². The molecule has 0 unspecified atom stereocenters. The fourth-order valence-corrected chi connectivity index (χ4v) is 8.40. The third kappa shape index (κ3) is 49.8. The van der Waals surface area contributed by atoms with Crippen molar-refractivity contribution in [1.82, 2.24) is 34.6 Å². The number of hydrogen-bond acceptors (Lipinski definition) is 22. The largest absolute Gasteiger partial charge is 0.444 e. The second-order valence-corrected chi connectivity index (χ2v) is 29.0. The van der Waals surface area contributed by atoms with Gasteiger partial charge in [0.05, 0.1) is 33.8 Å². The Morgan fingerprint density at radius 3 is 1.22 bits per heavy atom. The molecule has 0 spiro atoms. The van der Waals surface area contributed by atoms with E-state index in [0.717, 1.165) is 64.1 Å². The van der Waals surface area contributed by atoms with Crippen molar-refractivity contribution >= 4 is 88.1 Å². The summed E-state index contributed by atoms with van der Waals surface area (Å²) in [7, 11) is 0. The summed E-state index contributed by atoms with van der Waals surface area (Å²) in [4.78, 5) is 96.1. The van der Waals surface area contributed by atoms with Gasteiger partial charge in [-0.05, 0) is 229 Å². The number of aldehydes is 1. The van der Waals surface area contributed by atoms with Crippen LogP contribution in [-0.4, -0.2) is 190 Å². The third-order valence-corrected chi connectivity index (χ3v) is 12.4. The van der Waals surface area contributed by atoms with E-state index in [4.69, 9.17) is 85.8 Å². The van der Waals surface area contributed by atoms with Gasteiger partial charge < -0.3 is 77.7 Å². The van der Waals surface area contributed by atoms with Crippen molar-refractivity contribution in [2.75, 3.05) is 65.8 Å². The predicted octanol–water partition coefficient (Wildman–Crippen LogP) is 17.2. The molecule has 0 fully saturated rings. The quantitative estimate of drug-likeness (QED) is 0.0149.